The number of hydrogen-bond donors (Lipinski definition) is 3. The van der Waals surface area contributed by atoms with E-state index in [0.29, 0.717) is 63.4 Å². The second kappa shape index (κ2) is 25.1. The van der Waals surface area contributed by atoms with Gasteiger partial charge in [-0.15, -0.1) is 0 Å². The largest absolute Gasteiger partial charge is 0.460 e. The molecule has 3 fully saturated rings. The summed E-state index contributed by atoms with van der Waals surface area (Å²) in [6.45, 7) is 12.7. The summed E-state index contributed by atoms with van der Waals surface area (Å²) in [6.07, 6.45) is 11.2. The first-order chi connectivity index (χ1) is 30.7. The highest BCUT2D eigenvalue weighted by Gasteiger charge is 2.53. The number of esters is 1. The topological polar surface area (TPSA) is 195 Å². The summed E-state index contributed by atoms with van der Waals surface area (Å²) in [7, 11) is 4.52. The minimum absolute atomic E-state index is 0.0193. The Hall–Kier alpha value is -3.37. The maximum absolute atomic E-state index is 14.4. The molecule has 0 aromatic carbocycles. The lowest BCUT2D eigenvalue weighted by atomic mass is 9.78. The summed E-state index contributed by atoms with van der Waals surface area (Å²) in [4.78, 5) is 71.8. The fourth-order valence-electron chi connectivity index (χ4n) is 10.1. The van der Waals surface area contributed by atoms with Gasteiger partial charge in [0.1, 0.15) is 30.1 Å². The maximum Gasteiger partial charge on any atom is 0.329 e. The van der Waals surface area contributed by atoms with E-state index in [1.807, 2.05) is 58.1 Å². The van der Waals surface area contributed by atoms with Gasteiger partial charge in [0.05, 0.1) is 24.4 Å². The highest BCUT2D eigenvalue weighted by atomic mass is 16.6. The molecule has 4 rings (SSSR count). The number of ether oxygens (including phenoxy) is 5. The van der Waals surface area contributed by atoms with Crippen LogP contribution in [0.1, 0.15) is 126 Å². The summed E-state index contributed by atoms with van der Waals surface area (Å²) < 4.78 is 29.4. The van der Waals surface area contributed by atoms with E-state index in [0.717, 1.165) is 12.0 Å². The molecule has 4 aliphatic rings. The van der Waals surface area contributed by atoms with Crippen LogP contribution < -0.4 is 0 Å². The number of hydrogen-bond acceptors (Lipinski definition) is 13. The number of carbonyl (C=O) groups is 5. The summed E-state index contributed by atoms with van der Waals surface area (Å²) in [5.74, 6) is -7.96. The Bertz CT molecular complexity index is 1760. The third-order valence-corrected chi connectivity index (χ3v) is 14.5. The molecule has 15 atom stereocenters. The number of rotatable bonds is 6. The van der Waals surface area contributed by atoms with Gasteiger partial charge in [-0.2, -0.15) is 0 Å². The van der Waals surface area contributed by atoms with Crippen LogP contribution in [0.2, 0.25) is 0 Å². The first-order valence-electron chi connectivity index (χ1n) is 23.9. The zero-order chi connectivity index (χ0) is 48.2. The lowest BCUT2D eigenvalue weighted by Gasteiger charge is -2.42. The Labute approximate surface area is 387 Å². The molecule has 0 aromatic rings. The van der Waals surface area contributed by atoms with E-state index in [4.69, 9.17) is 23.7 Å². The quantitative estimate of drug-likeness (QED) is 0.156. The SMILES string of the molecule is COC1CC2CCC(C)C(O)(O2)C(=O)C(=O)N2CCCCC2C(=O)OC(C(C)CC2CCC(O)C(OC)C2)CC(=O)C(C)/C=C(\C)C(O)C(OC)C(=O)C(C)CC(C)/C=C\C=CC=C1C. The van der Waals surface area contributed by atoms with Crippen molar-refractivity contribution in [3.63, 3.8) is 0 Å². The number of fused-ring (bicyclic) bond motifs is 3. The lowest BCUT2D eigenvalue weighted by molar-refractivity contribution is -0.265. The van der Waals surface area contributed by atoms with Crippen molar-refractivity contribution in [1.29, 1.82) is 0 Å². The van der Waals surface area contributed by atoms with Crippen LogP contribution in [-0.2, 0) is 47.7 Å². The number of aliphatic hydroxyl groups is 3. The second-order valence-corrected chi connectivity index (χ2v) is 19.6. The van der Waals surface area contributed by atoms with E-state index >= 15 is 0 Å². The van der Waals surface area contributed by atoms with Crippen molar-refractivity contribution in [2.24, 2.45) is 35.5 Å². The van der Waals surface area contributed by atoms with Gasteiger partial charge in [0.25, 0.3) is 11.7 Å². The van der Waals surface area contributed by atoms with E-state index in [9.17, 15) is 39.3 Å². The van der Waals surface area contributed by atoms with Gasteiger partial charge in [-0.3, -0.25) is 19.2 Å². The molecule has 0 radical (unpaired) electrons. The van der Waals surface area contributed by atoms with Crippen molar-refractivity contribution in [3.05, 3.63) is 47.6 Å². The van der Waals surface area contributed by atoms with Crippen LogP contribution in [0.25, 0.3) is 0 Å². The minimum atomic E-state index is -2.43. The monoisotopic (exact) mass is 914 g/mol. The van der Waals surface area contributed by atoms with E-state index in [2.05, 4.69) is 0 Å². The molecule has 0 aromatic heterocycles. The molecular formula is C51H79NO13. The predicted molar refractivity (Wildman–Crippen MR) is 245 cm³/mol. The van der Waals surface area contributed by atoms with Gasteiger partial charge in [0.2, 0.25) is 5.79 Å². The highest BCUT2D eigenvalue weighted by molar-refractivity contribution is 6.39. The van der Waals surface area contributed by atoms with Crippen molar-refractivity contribution in [1.82, 2.24) is 4.90 Å². The van der Waals surface area contributed by atoms with Crippen LogP contribution in [0.15, 0.2) is 47.6 Å². The van der Waals surface area contributed by atoms with Crippen LogP contribution in [0.4, 0.5) is 0 Å². The molecule has 14 nitrogen and oxygen atoms in total. The molecule has 1 amide bonds. The summed E-state index contributed by atoms with van der Waals surface area (Å²) in [5.41, 5.74) is 1.27. The molecule has 3 aliphatic heterocycles. The van der Waals surface area contributed by atoms with Crippen molar-refractivity contribution >= 4 is 29.2 Å². The smallest absolute Gasteiger partial charge is 0.329 e. The zero-order valence-corrected chi connectivity index (χ0v) is 40.6. The molecule has 1 aliphatic carbocycles. The molecule has 1 saturated carbocycles. The normalized spacial score (nSPS) is 39.1. The Balaban J connectivity index is 1.70. The number of cyclic esters (lactones) is 1. The van der Waals surface area contributed by atoms with Crippen LogP contribution in [0.5, 0.6) is 0 Å². The summed E-state index contributed by atoms with van der Waals surface area (Å²) >= 11 is 0. The van der Waals surface area contributed by atoms with E-state index in [1.165, 1.54) is 12.0 Å². The number of Topliss-reactive ketones (excluding diaryl/α,β-unsaturated/α-hetero) is 3. The van der Waals surface area contributed by atoms with E-state index < -0.39 is 83.9 Å². The molecule has 3 heterocycles. The molecule has 14 heteroatoms. The van der Waals surface area contributed by atoms with Gasteiger partial charge in [0.15, 0.2) is 5.78 Å². The Kier molecular flexibility index (Phi) is 21.0. The Morgan fingerprint density at radius 2 is 1.57 bits per heavy atom. The molecule has 2 bridgehead atoms. The molecule has 0 spiro atoms. The molecule has 2 saturated heterocycles. The fraction of sp³-hybridized carbons (Fsp3) is 0.745. The predicted octanol–water partition coefficient (Wildman–Crippen LogP) is 6.18. The van der Waals surface area contributed by atoms with Gasteiger partial charge in [0, 0.05) is 58.5 Å². The van der Waals surface area contributed by atoms with Crippen molar-refractivity contribution < 1.29 is 63.0 Å². The number of carbonyl (C=O) groups excluding carboxylic acids is 5. The van der Waals surface area contributed by atoms with Crippen LogP contribution in [0, 0.1) is 35.5 Å². The van der Waals surface area contributed by atoms with Crippen molar-refractivity contribution in [2.45, 2.75) is 180 Å². The molecule has 366 valence electrons. The highest BCUT2D eigenvalue weighted by Crippen LogP contribution is 2.38. The van der Waals surface area contributed by atoms with Gasteiger partial charge in [-0.05, 0) is 107 Å². The number of methoxy groups -OCH3 is 3. The van der Waals surface area contributed by atoms with E-state index in [-0.39, 0.29) is 54.8 Å². The number of amides is 1. The zero-order valence-electron chi connectivity index (χ0n) is 40.6. The third-order valence-electron chi connectivity index (χ3n) is 14.5. The molecule has 65 heavy (non-hydrogen) atoms. The number of piperidine rings is 1. The second-order valence-electron chi connectivity index (χ2n) is 19.6. The number of ketones is 3. The average Bonchev–Trinajstić information content (AvgIpc) is 3.28. The van der Waals surface area contributed by atoms with Gasteiger partial charge >= 0.3 is 5.97 Å². The Morgan fingerprint density at radius 1 is 0.846 bits per heavy atom. The summed E-state index contributed by atoms with van der Waals surface area (Å²) in [5, 5.41) is 33.8. The number of allylic oxidation sites excluding steroid dienone is 6. The summed E-state index contributed by atoms with van der Waals surface area (Å²) in [6, 6.07) is -1.14. The molecule has 15 unspecified atom stereocenters. The fourth-order valence-corrected chi connectivity index (χ4v) is 10.1. The maximum atomic E-state index is 14.4. The lowest BCUT2D eigenvalue weighted by Crippen LogP contribution is -2.61. The van der Waals surface area contributed by atoms with Crippen LogP contribution in [0.3, 0.4) is 0 Å². The third kappa shape index (κ3) is 14.3. The Morgan fingerprint density at radius 3 is 2.25 bits per heavy atom. The standard InChI is InChI=1S/C51H79NO13/c1-30-16-12-11-13-17-31(2)42(61-8)28-38-21-19-36(7)51(60,65-38)48(57)49(58)52-23-15-14-18-39(52)50(59)64-43(33(4)26-37-20-22-40(53)44(27-37)62-9)29-41(54)32(3)25-35(6)46(56)47(63-10)45(55)34(5)24-30/h11-13,16-17,25,30,32-34,36-40,42-44,46-47,53,56,60H,14-15,18-24,26-29H2,1-10H3/b13-11?,16-12-,31-17?,35-25+. The van der Waals surface area contributed by atoms with Gasteiger partial charge < -0.3 is 43.9 Å². The number of aliphatic hydroxyl groups excluding tert-OH is 2. The minimum Gasteiger partial charge on any atom is -0.460 e. The van der Waals surface area contributed by atoms with E-state index in [1.54, 1.807) is 41.1 Å². The molecular weight excluding hydrogens is 835 g/mol. The molecule has 3 N–H and O–H groups in total. The van der Waals surface area contributed by atoms with Crippen molar-refractivity contribution in [3.8, 4) is 0 Å². The first-order valence-corrected chi connectivity index (χ1v) is 23.9. The van der Waals surface area contributed by atoms with Crippen LogP contribution >= 0.6 is 0 Å². The van der Waals surface area contributed by atoms with Crippen molar-refractivity contribution in [2.75, 3.05) is 27.9 Å². The van der Waals surface area contributed by atoms with Gasteiger partial charge in [-0.1, -0.05) is 71.1 Å². The first kappa shape index (κ1) is 54.2. The number of nitrogens with zero attached hydrogens (tertiary/aromatic N) is 1. The van der Waals surface area contributed by atoms with Gasteiger partial charge in [-0.25, -0.2) is 4.79 Å². The average molecular weight is 914 g/mol. The van der Waals surface area contributed by atoms with Crippen LogP contribution in [-0.4, -0.2) is 132 Å².